The number of rotatable bonds is 2. The molecule has 0 amide bonds. The Hall–Kier alpha value is -3.10. The van der Waals surface area contributed by atoms with Crippen molar-refractivity contribution in [3.8, 4) is 16.8 Å². The highest BCUT2D eigenvalue weighted by Crippen LogP contribution is 2.27. The number of nitrogens with zero attached hydrogens (tertiary/aromatic N) is 1. The first-order valence-electron chi connectivity index (χ1n) is 9.46. The minimum Gasteiger partial charge on any atom is -0.324 e. The molecule has 1 heterocycles. The van der Waals surface area contributed by atoms with Gasteiger partial charge in [0.2, 0.25) is 0 Å². The molecule has 5 rings (SSSR count). The maximum atomic E-state index is 6.28. The first-order valence-corrected chi connectivity index (χ1v) is 9.46. The molecule has 1 atom stereocenters. The molecular weight excluding hydrogens is 328 g/mol. The van der Waals surface area contributed by atoms with E-state index < -0.39 is 0 Å². The summed E-state index contributed by atoms with van der Waals surface area (Å²) in [5, 5.41) is 3.79. The van der Waals surface area contributed by atoms with E-state index in [1.54, 1.807) is 0 Å². The number of aryl methyl sites for hydroxylation is 1. The topological polar surface area (TPSA) is 30.9 Å². The number of nitrogens with two attached hydrogens (primary N) is 1. The lowest BCUT2D eigenvalue weighted by atomic mass is 9.99. The summed E-state index contributed by atoms with van der Waals surface area (Å²) in [7, 11) is 0. The van der Waals surface area contributed by atoms with Gasteiger partial charge in [-0.05, 0) is 54.3 Å². The van der Waals surface area contributed by atoms with E-state index in [4.69, 9.17) is 5.73 Å². The molecule has 1 aliphatic carbocycles. The molecule has 4 aromatic rings. The second-order valence-corrected chi connectivity index (χ2v) is 7.30. The summed E-state index contributed by atoms with van der Waals surface area (Å²) in [4.78, 5) is 0. The number of hydrogen-bond donors (Lipinski definition) is 1. The summed E-state index contributed by atoms with van der Waals surface area (Å²) in [6.07, 6.45) is 5.39. The van der Waals surface area contributed by atoms with E-state index >= 15 is 0 Å². The van der Waals surface area contributed by atoms with Crippen LogP contribution >= 0.6 is 0 Å². The van der Waals surface area contributed by atoms with Gasteiger partial charge in [0.05, 0.1) is 5.52 Å². The molecule has 0 bridgehead atoms. The molecule has 2 N–H and O–H groups in total. The molecule has 1 aliphatic rings. The summed E-state index contributed by atoms with van der Waals surface area (Å²) < 4.78 is 2.39. The number of para-hydroxylation sites is 1. The molecule has 1 unspecified atom stereocenters. The first kappa shape index (κ1) is 16.1. The summed E-state index contributed by atoms with van der Waals surface area (Å²) >= 11 is 0. The second kappa shape index (κ2) is 6.26. The van der Waals surface area contributed by atoms with Crippen molar-refractivity contribution in [3.63, 3.8) is 0 Å². The van der Waals surface area contributed by atoms with Crippen LogP contribution in [0.3, 0.4) is 0 Å². The first-order chi connectivity index (χ1) is 13.2. The highest BCUT2D eigenvalue weighted by Gasteiger charge is 2.16. The Balaban J connectivity index is 1.92. The molecule has 0 saturated carbocycles. The fraction of sp³-hybridized carbons (Fsp3) is 0.120. The van der Waals surface area contributed by atoms with Crippen molar-refractivity contribution in [1.29, 1.82) is 0 Å². The zero-order chi connectivity index (χ0) is 18.4. The number of hydrogen-bond acceptors (Lipinski definition) is 1. The Morgan fingerprint density at radius 2 is 1.59 bits per heavy atom. The fourth-order valence-electron chi connectivity index (χ4n) is 4.21. The number of fused-ring (bicyclic) bond motifs is 3. The third kappa shape index (κ3) is 2.61. The third-order valence-corrected chi connectivity index (χ3v) is 5.42. The smallest absolute Gasteiger partial charge is 0.0570 e. The average Bonchev–Trinajstić information content (AvgIpc) is 3.03. The molecular formula is C25H22N2. The number of aromatic nitrogens is 1. The minimum absolute atomic E-state index is 0.0769. The van der Waals surface area contributed by atoms with E-state index in [2.05, 4.69) is 96.4 Å². The Bertz CT molecular complexity index is 1250. The van der Waals surface area contributed by atoms with Gasteiger partial charge in [0, 0.05) is 27.7 Å². The molecule has 3 aromatic carbocycles. The lowest BCUT2D eigenvalue weighted by molar-refractivity contribution is 0.877. The lowest BCUT2D eigenvalue weighted by Crippen LogP contribution is -2.35. The van der Waals surface area contributed by atoms with E-state index in [9.17, 15) is 0 Å². The summed E-state index contributed by atoms with van der Waals surface area (Å²) in [5.41, 5.74) is 12.5. The van der Waals surface area contributed by atoms with Crippen LogP contribution in [0, 0.1) is 6.92 Å². The standard InChI is InChI=1S/C25H22N2/c1-17-14-19(18-8-4-2-5-9-18)15-23-22-16-20(26)12-13-24(22)27(25(17)23)21-10-6-3-7-11-21/h2-11,13-16,20H,12,26H2,1H3. The maximum Gasteiger partial charge on any atom is 0.0570 e. The lowest BCUT2D eigenvalue weighted by Gasteiger charge is -2.11. The van der Waals surface area contributed by atoms with Crippen molar-refractivity contribution in [1.82, 2.24) is 4.57 Å². The zero-order valence-corrected chi connectivity index (χ0v) is 15.4. The predicted octanol–water partition coefficient (Wildman–Crippen LogP) is 3.90. The highest BCUT2D eigenvalue weighted by atomic mass is 15.0. The van der Waals surface area contributed by atoms with Gasteiger partial charge in [-0.25, -0.2) is 0 Å². The van der Waals surface area contributed by atoms with Gasteiger partial charge < -0.3 is 10.3 Å². The molecule has 1 aromatic heterocycles. The van der Waals surface area contributed by atoms with Gasteiger partial charge >= 0.3 is 0 Å². The van der Waals surface area contributed by atoms with Crippen molar-refractivity contribution >= 4 is 23.1 Å². The molecule has 0 radical (unpaired) electrons. The normalized spacial score (nSPS) is 15.9. The second-order valence-electron chi connectivity index (χ2n) is 7.30. The van der Waals surface area contributed by atoms with E-state index in [1.807, 2.05) is 0 Å². The van der Waals surface area contributed by atoms with Crippen molar-refractivity contribution in [2.24, 2.45) is 5.73 Å². The summed E-state index contributed by atoms with van der Waals surface area (Å²) in [5.74, 6) is 0. The average molecular weight is 350 g/mol. The maximum absolute atomic E-state index is 6.28. The van der Waals surface area contributed by atoms with Crippen LogP contribution in [-0.4, -0.2) is 10.6 Å². The van der Waals surface area contributed by atoms with Crippen molar-refractivity contribution in [2.75, 3.05) is 0 Å². The van der Waals surface area contributed by atoms with Gasteiger partial charge in [-0.2, -0.15) is 0 Å². The molecule has 0 spiro atoms. The van der Waals surface area contributed by atoms with Gasteiger partial charge in [-0.15, -0.1) is 0 Å². The Morgan fingerprint density at radius 1 is 0.889 bits per heavy atom. The fourth-order valence-corrected chi connectivity index (χ4v) is 4.21. The molecule has 0 aliphatic heterocycles. The van der Waals surface area contributed by atoms with Gasteiger partial charge in [-0.3, -0.25) is 0 Å². The zero-order valence-electron chi connectivity index (χ0n) is 15.4. The van der Waals surface area contributed by atoms with E-state index in [1.165, 1.54) is 43.8 Å². The predicted molar refractivity (Wildman–Crippen MR) is 114 cm³/mol. The van der Waals surface area contributed by atoms with Crippen LogP contribution < -0.4 is 16.3 Å². The molecule has 0 fully saturated rings. The molecule has 27 heavy (non-hydrogen) atoms. The molecule has 2 nitrogen and oxygen atoms in total. The monoisotopic (exact) mass is 350 g/mol. The van der Waals surface area contributed by atoms with Crippen molar-refractivity contribution in [2.45, 2.75) is 19.4 Å². The van der Waals surface area contributed by atoms with E-state index in [0.717, 1.165) is 6.42 Å². The largest absolute Gasteiger partial charge is 0.324 e. The van der Waals surface area contributed by atoms with Crippen LogP contribution in [0.5, 0.6) is 0 Å². The van der Waals surface area contributed by atoms with Crippen LogP contribution in [-0.2, 0) is 0 Å². The Morgan fingerprint density at radius 3 is 2.33 bits per heavy atom. The summed E-state index contributed by atoms with van der Waals surface area (Å²) in [6.45, 7) is 2.21. The molecule has 132 valence electrons. The van der Waals surface area contributed by atoms with Crippen molar-refractivity contribution < 1.29 is 0 Å². The number of benzene rings is 3. The van der Waals surface area contributed by atoms with Crippen LogP contribution in [0.25, 0.3) is 39.9 Å². The van der Waals surface area contributed by atoms with Gasteiger partial charge in [0.1, 0.15) is 0 Å². The van der Waals surface area contributed by atoms with Crippen LogP contribution in [0.15, 0.2) is 72.8 Å². The SMILES string of the molecule is Cc1cc(-c2ccccc2)cc2c3c(n(-c4ccccc4)c12)=CCC(N)C=3. The van der Waals surface area contributed by atoms with E-state index in [0.29, 0.717) is 0 Å². The Kier molecular flexibility index (Phi) is 3.73. The van der Waals surface area contributed by atoms with Crippen LogP contribution in [0.1, 0.15) is 12.0 Å². The summed E-state index contributed by atoms with van der Waals surface area (Å²) in [6, 6.07) is 25.9. The highest BCUT2D eigenvalue weighted by molar-refractivity contribution is 5.91. The third-order valence-electron chi connectivity index (χ3n) is 5.42. The molecule has 0 saturated heterocycles. The van der Waals surface area contributed by atoms with Crippen LogP contribution in [0.2, 0.25) is 0 Å². The van der Waals surface area contributed by atoms with Crippen LogP contribution in [0.4, 0.5) is 0 Å². The molecule has 2 heteroatoms. The quantitative estimate of drug-likeness (QED) is 0.584. The van der Waals surface area contributed by atoms with Gasteiger partial charge in [0.15, 0.2) is 0 Å². The minimum atomic E-state index is 0.0769. The van der Waals surface area contributed by atoms with Gasteiger partial charge in [-0.1, -0.05) is 60.7 Å². The van der Waals surface area contributed by atoms with Crippen molar-refractivity contribution in [3.05, 3.63) is 88.9 Å². The van der Waals surface area contributed by atoms with E-state index in [-0.39, 0.29) is 6.04 Å². The van der Waals surface area contributed by atoms with Gasteiger partial charge in [0.25, 0.3) is 0 Å². The Labute approximate surface area is 158 Å².